The van der Waals surface area contributed by atoms with Gasteiger partial charge in [-0.3, -0.25) is 4.90 Å². The van der Waals surface area contributed by atoms with Crippen molar-refractivity contribution in [3.63, 3.8) is 0 Å². The van der Waals surface area contributed by atoms with Crippen molar-refractivity contribution < 1.29 is 0 Å². The first-order valence-corrected chi connectivity index (χ1v) is 7.24. The molecule has 2 rings (SSSR count). The van der Waals surface area contributed by atoms with Crippen molar-refractivity contribution in [2.45, 2.75) is 39.7 Å². The molecular weight excluding hydrogens is 220 g/mol. The van der Waals surface area contributed by atoms with E-state index in [1.54, 1.807) is 5.56 Å². The summed E-state index contributed by atoms with van der Waals surface area (Å²) in [5.41, 5.74) is 4.36. The second-order valence-corrected chi connectivity index (χ2v) is 5.45. The third kappa shape index (κ3) is 3.12. The average Bonchev–Trinajstić information content (AvgIpc) is 2.40. The van der Waals surface area contributed by atoms with E-state index in [-0.39, 0.29) is 0 Å². The lowest BCUT2D eigenvalue weighted by atomic mass is 9.94. The molecule has 1 N–H and O–H groups in total. The minimum Gasteiger partial charge on any atom is -0.314 e. The second-order valence-electron chi connectivity index (χ2n) is 5.45. The van der Waals surface area contributed by atoms with Gasteiger partial charge < -0.3 is 5.32 Å². The summed E-state index contributed by atoms with van der Waals surface area (Å²) < 4.78 is 0. The summed E-state index contributed by atoms with van der Waals surface area (Å²) in [5.74, 6) is 0. The van der Waals surface area contributed by atoms with Crippen LogP contribution in [0.3, 0.4) is 0 Å². The van der Waals surface area contributed by atoms with Gasteiger partial charge in [-0.15, -0.1) is 0 Å². The van der Waals surface area contributed by atoms with Gasteiger partial charge in [0.15, 0.2) is 0 Å². The Bertz CT molecular complexity index is 381. The van der Waals surface area contributed by atoms with Gasteiger partial charge in [-0.25, -0.2) is 0 Å². The van der Waals surface area contributed by atoms with Gasteiger partial charge in [0, 0.05) is 32.2 Å². The van der Waals surface area contributed by atoms with Gasteiger partial charge in [-0.05, 0) is 31.4 Å². The van der Waals surface area contributed by atoms with Gasteiger partial charge in [0.2, 0.25) is 0 Å². The fourth-order valence-electron chi connectivity index (χ4n) is 2.92. The zero-order chi connectivity index (χ0) is 13.0. The van der Waals surface area contributed by atoms with E-state index >= 15 is 0 Å². The Hall–Kier alpha value is -0.860. The first-order valence-electron chi connectivity index (χ1n) is 7.24. The maximum atomic E-state index is 3.45. The highest BCUT2D eigenvalue weighted by atomic mass is 15.2. The molecule has 18 heavy (non-hydrogen) atoms. The first-order chi connectivity index (χ1) is 8.72. The largest absolute Gasteiger partial charge is 0.314 e. The second kappa shape index (κ2) is 6.35. The molecule has 1 heterocycles. The number of piperazine rings is 1. The van der Waals surface area contributed by atoms with E-state index in [2.05, 4.69) is 49.2 Å². The molecule has 1 aliphatic heterocycles. The number of hydrogen-bond donors (Lipinski definition) is 1. The van der Waals surface area contributed by atoms with Crippen LogP contribution in [0.25, 0.3) is 0 Å². The quantitative estimate of drug-likeness (QED) is 0.878. The van der Waals surface area contributed by atoms with E-state index in [9.17, 15) is 0 Å². The Morgan fingerprint density at radius 2 is 1.94 bits per heavy atom. The minimum atomic E-state index is 0.608. The number of nitrogens with one attached hydrogen (secondary N) is 1. The van der Waals surface area contributed by atoms with Gasteiger partial charge >= 0.3 is 0 Å². The van der Waals surface area contributed by atoms with Crippen LogP contribution in [0.5, 0.6) is 0 Å². The van der Waals surface area contributed by atoms with Gasteiger partial charge in [0.1, 0.15) is 0 Å². The minimum absolute atomic E-state index is 0.608. The average molecular weight is 246 g/mol. The summed E-state index contributed by atoms with van der Waals surface area (Å²) in [6, 6.07) is 7.49. The summed E-state index contributed by atoms with van der Waals surface area (Å²) in [6.07, 6.45) is 2.52. The lowest BCUT2D eigenvalue weighted by Crippen LogP contribution is -2.45. The van der Waals surface area contributed by atoms with Crippen LogP contribution in [0.1, 0.15) is 42.5 Å². The molecule has 1 aromatic rings. The van der Waals surface area contributed by atoms with Gasteiger partial charge in [0.25, 0.3) is 0 Å². The normalized spacial score (nSPS) is 18.8. The van der Waals surface area contributed by atoms with Crippen LogP contribution in [-0.4, -0.2) is 31.1 Å². The number of nitrogens with zero attached hydrogens (tertiary/aromatic N) is 1. The van der Waals surface area contributed by atoms with Crippen LogP contribution in [0.4, 0.5) is 0 Å². The Morgan fingerprint density at radius 1 is 1.22 bits per heavy atom. The van der Waals surface area contributed by atoms with Gasteiger partial charge in [-0.1, -0.05) is 37.1 Å². The molecule has 0 bridgehead atoms. The molecule has 0 unspecified atom stereocenters. The van der Waals surface area contributed by atoms with E-state index in [4.69, 9.17) is 0 Å². The van der Waals surface area contributed by atoms with E-state index < -0.39 is 0 Å². The topological polar surface area (TPSA) is 15.3 Å². The summed E-state index contributed by atoms with van der Waals surface area (Å²) in [5, 5.41) is 3.45. The molecule has 0 amide bonds. The maximum absolute atomic E-state index is 3.45. The maximum Gasteiger partial charge on any atom is 0.0351 e. The van der Waals surface area contributed by atoms with Crippen LogP contribution in [-0.2, 0) is 0 Å². The Morgan fingerprint density at radius 3 is 2.61 bits per heavy atom. The van der Waals surface area contributed by atoms with E-state index in [0.29, 0.717) is 6.04 Å². The molecule has 100 valence electrons. The van der Waals surface area contributed by atoms with Crippen molar-refractivity contribution >= 4 is 0 Å². The summed E-state index contributed by atoms with van der Waals surface area (Å²) in [7, 11) is 0. The lowest BCUT2D eigenvalue weighted by molar-refractivity contribution is 0.164. The molecule has 0 spiro atoms. The van der Waals surface area contributed by atoms with Crippen molar-refractivity contribution in [3.05, 3.63) is 34.9 Å². The highest BCUT2D eigenvalue weighted by Gasteiger charge is 2.22. The molecule has 0 radical (unpaired) electrons. The molecule has 1 aromatic carbocycles. The van der Waals surface area contributed by atoms with Gasteiger partial charge in [-0.2, -0.15) is 0 Å². The molecule has 1 fully saturated rings. The first kappa shape index (κ1) is 13.6. The highest BCUT2D eigenvalue weighted by molar-refractivity contribution is 5.33. The molecule has 1 saturated heterocycles. The fourth-order valence-corrected chi connectivity index (χ4v) is 2.92. The fraction of sp³-hybridized carbons (Fsp3) is 0.625. The Kier molecular flexibility index (Phi) is 4.79. The Balaban J connectivity index is 2.24. The van der Waals surface area contributed by atoms with Crippen LogP contribution in [0.2, 0.25) is 0 Å². The van der Waals surface area contributed by atoms with Crippen LogP contribution >= 0.6 is 0 Å². The van der Waals surface area contributed by atoms with Crippen molar-refractivity contribution in [2.24, 2.45) is 0 Å². The number of aryl methyl sites for hydroxylation is 2. The van der Waals surface area contributed by atoms with E-state index in [1.807, 2.05) is 0 Å². The number of benzene rings is 1. The number of rotatable bonds is 4. The lowest BCUT2D eigenvalue weighted by Gasteiger charge is -2.36. The zero-order valence-corrected chi connectivity index (χ0v) is 12.0. The SMILES string of the molecule is CCC[C@@H](c1cc(C)ccc1C)N1CCNCC1. The van der Waals surface area contributed by atoms with Gasteiger partial charge in [0.05, 0.1) is 0 Å². The summed E-state index contributed by atoms with van der Waals surface area (Å²) in [4.78, 5) is 2.65. The third-order valence-corrected chi connectivity index (χ3v) is 3.95. The summed E-state index contributed by atoms with van der Waals surface area (Å²) >= 11 is 0. The molecule has 0 saturated carbocycles. The van der Waals surface area contributed by atoms with Crippen LogP contribution in [0.15, 0.2) is 18.2 Å². The van der Waals surface area contributed by atoms with E-state index in [1.165, 1.54) is 37.1 Å². The molecule has 2 nitrogen and oxygen atoms in total. The number of hydrogen-bond acceptors (Lipinski definition) is 2. The van der Waals surface area contributed by atoms with Crippen molar-refractivity contribution in [3.8, 4) is 0 Å². The smallest absolute Gasteiger partial charge is 0.0351 e. The van der Waals surface area contributed by atoms with Crippen LogP contribution < -0.4 is 5.32 Å². The highest BCUT2D eigenvalue weighted by Crippen LogP contribution is 2.29. The molecular formula is C16H26N2. The Labute approximate surface area is 111 Å². The zero-order valence-electron chi connectivity index (χ0n) is 12.0. The predicted molar refractivity (Wildman–Crippen MR) is 78.0 cm³/mol. The molecule has 1 atom stereocenters. The third-order valence-electron chi connectivity index (χ3n) is 3.95. The van der Waals surface area contributed by atoms with Crippen molar-refractivity contribution in [2.75, 3.05) is 26.2 Å². The monoisotopic (exact) mass is 246 g/mol. The molecule has 2 heteroatoms. The molecule has 0 aromatic heterocycles. The summed E-state index contributed by atoms with van der Waals surface area (Å²) in [6.45, 7) is 11.4. The van der Waals surface area contributed by atoms with E-state index in [0.717, 1.165) is 13.1 Å². The van der Waals surface area contributed by atoms with Crippen molar-refractivity contribution in [1.29, 1.82) is 0 Å². The molecule has 1 aliphatic rings. The predicted octanol–water partition coefficient (Wildman–Crippen LogP) is 3.05. The molecule has 0 aliphatic carbocycles. The van der Waals surface area contributed by atoms with Crippen molar-refractivity contribution in [1.82, 2.24) is 10.2 Å². The van der Waals surface area contributed by atoms with Crippen LogP contribution in [0, 0.1) is 13.8 Å². The standard InChI is InChI=1S/C16H26N2/c1-4-5-16(18-10-8-17-9-11-18)15-12-13(2)6-7-14(15)3/h6-7,12,16-17H,4-5,8-11H2,1-3H3/t16-/m0/s1.